The number of amides is 1. The topological polar surface area (TPSA) is 78.4 Å². The molecule has 1 amide bonds. The molecule has 0 atom stereocenters. The van der Waals surface area contributed by atoms with Crippen LogP contribution in [0.4, 0.5) is 4.79 Å². The van der Waals surface area contributed by atoms with Gasteiger partial charge in [-0.1, -0.05) is 0 Å². The van der Waals surface area contributed by atoms with Crippen LogP contribution in [0.5, 0.6) is 0 Å². The number of aromatic nitrogens is 2. The number of ether oxygens (including phenoxy) is 1. The average molecular weight is 253 g/mol. The van der Waals surface area contributed by atoms with Crippen LogP contribution in [0.25, 0.3) is 0 Å². The van der Waals surface area contributed by atoms with Crippen molar-refractivity contribution in [1.82, 2.24) is 14.9 Å². The van der Waals surface area contributed by atoms with Gasteiger partial charge in [-0.2, -0.15) is 0 Å². The van der Waals surface area contributed by atoms with E-state index in [0.29, 0.717) is 32.2 Å². The molecule has 1 aromatic heterocycles. The molecule has 2 N–H and O–H groups in total. The lowest BCUT2D eigenvalue weighted by molar-refractivity contribution is 0.130. The summed E-state index contributed by atoms with van der Waals surface area (Å²) in [6, 6.07) is 0. The zero-order chi connectivity index (χ0) is 13.0. The van der Waals surface area contributed by atoms with Crippen LogP contribution >= 0.6 is 0 Å². The lowest BCUT2D eigenvalue weighted by atomic mass is 9.96. The Kier molecular flexibility index (Phi) is 4.19. The highest BCUT2D eigenvalue weighted by Gasteiger charge is 2.25. The van der Waals surface area contributed by atoms with Crippen LogP contribution in [0.15, 0.2) is 6.20 Å². The molecule has 0 saturated carbocycles. The quantitative estimate of drug-likeness (QED) is 0.857. The van der Waals surface area contributed by atoms with E-state index in [1.54, 1.807) is 6.20 Å². The molecule has 0 radical (unpaired) electrons. The summed E-state index contributed by atoms with van der Waals surface area (Å²) in [5, 5.41) is 8.88. The van der Waals surface area contributed by atoms with E-state index in [1.807, 2.05) is 6.92 Å². The van der Waals surface area contributed by atoms with Crippen LogP contribution in [0, 0.1) is 0 Å². The molecule has 6 heteroatoms. The van der Waals surface area contributed by atoms with Gasteiger partial charge in [-0.15, -0.1) is 0 Å². The van der Waals surface area contributed by atoms with Crippen molar-refractivity contribution in [3.8, 4) is 0 Å². The number of likely N-dealkylation sites (tertiary alicyclic amines) is 1. The fraction of sp³-hybridized carbons (Fsp3) is 0.667. The van der Waals surface area contributed by atoms with Crippen LogP contribution in [0.1, 0.15) is 37.2 Å². The van der Waals surface area contributed by atoms with Gasteiger partial charge in [0, 0.05) is 25.6 Å². The van der Waals surface area contributed by atoms with Crippen molar-refractivity contribution in [2.75, 3.05) is 19.7 Å². The molecule has 18 heavy (non-hydrogen) atoms. The molecular formula is C12H19N3O3. The van der Waals surface area contributed by atoms with Crippen molar-refractivity contribution < 1.29 is 14.6 Å². The molecule has 1 aromatic rings. The zero-order valence-corrected chi connectivity index (χ0v) is 10.6. The van der Waals surface area contributed by atoms with Gasteiger partial charge >= 0.3 is 6.09 Å². The predicted octanol–water partition coefficient (Wildman–Crippen LogP) is 1.80. The summed E-state index contributed by atoms with van der Waals surface area (Å²) in [6.07, 6.45) is 2.63. The standard InChI is InChI=1S/C12H19N3O3/c1-2-18-8-10-7-13-11(14-10)9-3-5-15(6-4-9)12(16)17/h7,9H,2-6,8H2,1H3,(H,13,14)(H,16,17). The van der Waals surface area contributed by atoms with E-state index in [0.717, 1.165) is 24.4 Å². The number of hydrogen-bond acceptors (Lipinski definition) is 3. The van der Waals surface area contributed by atoms with Gasteiger partial charge in [0.1, 0.15) is 5.82 Å². The molecule has 0 aromatic carbocycles. The number of carbonyl (C=O) groups is 1. The Labute approximate surface area is 106 Å². The minimum absolute atomic E-state index is 0.330. The van der Waals surface area contributed by atoms with E-state index in [-0.39, 0.29) is 0 Å². The third kappa shape index (κ3) is 3.01. The molecule has 0 unspecified atom stereocenters. The van der Waals surface area contributed by atoms with Crippen LogP contribution < -0.4 is 0 Å². The highest BCUT2D eigenvalue weighted by Crippen LogP contribution is 2.25. The molecule has 2 rings (SSSR count). The number of H-pyrrole nitrogens is 1. The second-order valence-corrected chi connectivity index (χ2v) is 4.47. The van der Waals surface area contributed by atoms with Gasteiger partial charge in [-0.05, 0) is 19.8 Å². The molecule has 0 spiro atoms. The van der Waals surface area contributed by atoms with Crippen LogP contribution in [0.3, 0.4) is 0 Å². The first-order valence-electron chi connectivity index (χ1n) is 6.30. The van der Waals surface area contributed by atoms with Crippen LogP contribution in [-0.2, 0) is 11.3 Å². The number of piperidine rings is 1. The number of carboxylic acid groups (broad SMARTS) is 1. The second kappa shape index (κ2) is 5.86. The summed E-state index contributed by atoms with van der Waals surface area (Å²) in [7, 11) is 0. The molecule has 1 fully saturated rings. The zero-order valence-electron chi connectivity index (χ0n) is 10.6. The predicted molar refractivity (Wildman–Crippen MR) is 65.5 cm³/mol. The molecule has 1 aliphatic heterocycles. The fourth-order valence-electron chi connectivity index (χ4n) is 2.21. The summed E-state index contributed by atoms with van der Waals surface area (Å²) < 4.78 is 5.31. The number of nitrogens with one attached hydrogen (secondary N) is 1. The van der Waals surface area contributed by atoms with Crippen LogP contribution in [-0.4, -0.2) is 45.8 Å². The minimum Gasteiger partial charge on any atom is -0.465 e. The number of hydrogen-bond donors (Lipinski definition) is 2. The van der Waals surface area contributed by atoms with E-state index in [2.05, 4.69) is 9.97 Å². The average Bonchev–Trinajstić information content (AvgIpc) is 2.85. The lowest BCUT2D eigenvalue weighted by Crippen LogP contribution is -2.37. The first-order valence-corrected chi connectivity index (χ1v) is 6.30. The fourth-order valence-corrected chi connectivity index (χ4v) is 2.21. The maximum absolute atomic E-state index is 10.8. The molecule has 0 aliphatic carbocycles. The van der Waals surface area contributed by atoms with Gasteiger partial charge in [-0.3, -0.25) is 0 Å². The Hall–Kier alpha value is -1.56. The Bertz CT molecular complexity index is 397. The first kappa shape index (κ1) is 12.9. The van der Waals surface area contributed by atoms with Crippen molar-refractivity contribution in [1.29, 1.82) is 0 Å². The van der Waals surface area contributed by atoms with Crippen molar-refractivity contribution in [2.45, 2.75) is 32.3 Å². The SMILES string of the molecule is CCOCc1cnc(C2CCN(C(=O)O)CC2)[nH]1. The molecule has 100 valence electrons. The number of imidazole rings is 1. The van der Waals surface area contributed by atoms with Crippen LogP contribution in [0.2, 0.25) is 0 Å². The highest BCUT2D eigenvalue weighted by molar-refractivity contribution is 5.65. The van der Waals surface area contributed by atoms with E-state index >= 15 is 0 Å². The third-order valence-corrected chi connectivity index (χ3v) is 3.26. The third-order valence-electron chi connectivity index (χ3n) is 3.26. The van der Waals surface area contributed by atoms with E-state index in [4.69, 9.17) is 9.84 Å². The monoisotopic (exact) mass is 253 g/mol. The van der Waals surface area contributed by atoms with E-state index < -0.39 is 6.09 Å². The molecule has 6 nitrogen and oxygen atoms in total. The summed E-state index contributed by atoms with van der Waals surface area (Å²) >= 11 is 0. The van der Waals surface area contributed by atoms with Gasteiger partial charge in [0.15, 0.2) is 0 Å². The summed E-state index contributed by atoms with van der Waals surface area (Å²) in [6.45, 7) is 4.37. The Morgan fingerprint density at radius 2 is 2.33 bits per heavy atom. The molecule has 2 heterocycles. The molecule has 1 aliphatic rings. The van der Waals surface area contributed by atoms with Crippen molar-refractivity contribution >= 4 is 6.09 Å². The number of aromatic amines is 1. The molecule has 0 bridgehead atoms. The lowest BCUT2D eigenvalue weighted by Gasteiger charge is -2.28. The Morgan fingerprint density at radius 3 is 2.94 bits per heavy atom. The van der Waals surface area contributed by atoms with Crippen molar-refractivity contribution in [2.24, 2.45) is 0 Å². The summed E-state index contributed by atoms with van der Waals surface area (Å²) in [5.41, 5.74) is 0.979. The number of rotatable bonds is 4. The van der Waals surface area contributed by atoms with Crippen molar-refractivity contribution in [3.63, 3.8) is 0 Å². The maximum Gasteiger partial charge on any atom is 0.407 e. The normalized spacial score (nSPS) is 17.1. The Balaban J connectivity index is 1.89. The van der Waals surface area contributed by atoms with Gasteiger partial charge < -0.3 is 19.7 Å². The van der Waals surface area contributed by atoms with Gasteiger partial charge in [0.2, 0.25) is 0 Å². The molecular weight excluding hydrogens is 234 g/mol. The largest absolute Gasteiger partial charge is 0.465 e. The summed E-state index contributed by atoms with van der Waals surface area (Å²) in [4.78, 5) is 19.9. The van der Waals surface area contributed by atoms with E-state index in [1.165, 1.54) is 4.90 Å². The molecule has 1 saturated heterocycles. The highest BCUT2D eigenvalue weighted by atomic mass is 16.5. The van der Waals surface area contributed by atoms with Gasteiger partial charge in [0.05, 0.1) is 18.5 Å². The van der Waals surface area contributed by atoms with Crippen molar-refractivity contribution in [3.05, 3.63) is 17.7 Å². The summed E-state index contributed by atoms with van der Waals surface area (Å²) in [5.74, 6) is 1.28. The first-order chi connectivity index (χ1) is 8.70. The Morgan fingerprint density at radius 1 is 1.61 bits per heavy atom. The smallest absolute Gasteiger partial charge is 0.407 e. The van der Waals surface area contributed by atoms with E-state index in [9.17, 15) is 4.79 Å². The second-order valence-electron chi connectivity index (χ2n) is 4.47. The van der Waals surface area contributed by atoms with Gasteiger partial charge in [0.25, 0.3) is 0 Å². The number of nitrogens with zero attached hydrogens (tertiary/aromatic N) is 2. The minimum atomic E-state index is -0.829. The van der Waals surface area contributed by atoms with Gasteiger partial charge in [-0.25, -0.2) is 9.78 Å². The maximum atomic E-state index is 10.8.